The number of ether oxygens (including phenoxy) is 2. The van der Waals surface area contributed by atoms with Crippen molar-refractivity contribution in [1.82, 2.24) is 5.32 Å². The molecule has 0 spiro atoms. The number of hydrogen-bond donors (Lipinski definition) is 1. The van der Waals surface area contributed by atoms with Crippen LogP contribution in [0.5, 0.6) is 11.5 Å². The number of methoxy groups -OCH3 is 1. The summed E-state index contributed by atoms with van der Waals surface area (Å²) < 4.78 is 11.5. The van der Waals surface area contributed by atoms with Gasteiger partial charge in [0.05, 0.1) is 7.11 Å². The second kappa shape index (κ2) is 9.16. The summed E-state index contributed by atoms with van der Waals surface area (Å²) in [5.41, 5.74) is 1.81. The van der Waals surface area contributed by atoms with E-state index in [9.17, 15) is 0 Å². The SMILES string of the molecule is CC[C@H](C)NCc1cccc(OC)c1OCc1c(Cl)cccc1Cl. The van der Waals surface area contributed by atoms with E-state index in [0.29, 0.717) is 34.1 Å². The molecule has 0 fully saturated rings. The number of nitrogens with one attached hydrogen (secondary N) is 1. The molecule has 0 radical (unpaired) electrons. The van der Waals surface area contributed by atoms with E-state index in [1.165, 1.54) is 0 Å². The van der Waals surface area contributed by atoms with Crippen molar-refractivity contribution in [1.29, 1.82) is 0 Å². The molecule has 1 N–H and O–H groups in total. The van der Waals surface area contributed by atoms with E-state index in [2.05, 4.69) is 19.2 Å². The van der Waals surface area contributed by atoms with Gasteiger partial charge in [-0.2, -0.15) is 0 Å². The molecule has 0 saturated heterocycles. The molecule has 2 aromatic rings. The molecule has 0 unspecified atom stereocenters. The van der Waals surface area contributed by atoms with E-state index in [1.54, 1.807) is 19.2 Å². The third-order valence-corrected chi connectivity index (χ3v) is 4.66. The molecular weight excluding hydrogens is 345 g/mol. The summed E-state index contributed by atoms with van der Waals surface area (Å²) in [6.45, 7) is 5.30. The van der Waals surface area contributed by atoms with Crippen LogP contribution in [0.15, 0.2) is 36.4 Å². The quantitative estimate of drug-likeness (QED) is 0.670. The molecule has 0 amide bonds. The van der Waals surface area contributed by atoms with Crippen LogP contribution in [0, 0.1) is 0 Å². The molecule has 0 heterocycles. The monoisotopic (exact) mass is 367 g/mol. The molecule has 1 atom stereocenters. The minimum atomic E-state index is 0.287. The Morgan fingerprint density at radius 2 is 1.75 bits per heavy atom. The van der Waals surface area contributed by atoms with Crippen molar-refractivity contribution in [3.05, 3.63) is 57.6 Å². The Morgan fingerprint density at radius 3 is 2.38 bits per heavy atom. The Bertz CT molecular complexity index is 656. The molecule has 3 nitrogen and oxygen atoms in total. The first-order valence-corrected chi connectivity index (χ1v) is 8.77. The lowest BCUT2D eigenvalue weighted by atomic mass is 10.1. The van der Waals surface area contributed by atoms with Crippen LogP contribution in [0.4, 0.5) is 0 Å². The smallest absolute Gasteiger partial charge is 0.166 e. The maximum atomic E-state index is 6.22. The summed E-state index contributed by atoms with van der Waals surface area (Å²) in [6, 6.07) is 11.7. The van der Waals surface area contributed by atoms with E-state index < -0.39 is 0 Å². The van der Waals surface area contributed by atoms with Gasteiger partial charge in [-0.05, 0) is 31.5 Å². The Balaban J connectivity index is 2.21. The summed E-state index contributed by atoms with van der Waals surface area (Å²) in [5, 5.41) is 4.66. The first kappa shape index (κ1) is 18.9. The molecule has 0 aliphatic rings. The number of hydrogen-bond acceptors (Lipinski definition) is 3. The van der Waals surface area contributed by atoms with Gasteiger partial charge in [-0.3, -0.25) is 0 Å². The highest BCUT2D eigenvalue weighted by atomic mass is 35.5. The van der Waals surface area contributed by atoms with E-state index in [-0.39, 0.29) is 6.61 Å². The molecular formula is C19H23Cl2NO2. The molecule has 0 aliphatic carbocycles. The zero-order chi connectivity index (χ0) is 17.5. The lowest BCUT2D eigenvalue weighted by molar-refractivity contribution is 0.280. The van der Waals surface area contributed by atoms with Crippen molar-refractivity contribution in [3.8, 4) is 11.5 Å². The zero-order valence-electron chi connectivity index (χ0n) is 14.2. The standard InChI is InChI=1S/C19H23Cl2NO2/c1-4-13(2)22-11-14-7-5-10-18(23-3)19(14)24-12-15-16(20)8-6-9-17(15)21/h5-10,13,22H,4,11-12H2,1-3H3/t13-/m0/s1. The van der Waals surface area contributed by atoms with Gasteiger partial charge in [0, 0.05) is 33.8 Å². The van der Waals surface area contributed by atoms with Crippen molar-refractivity contribution in [2.24, 2.45) is 0 Å². The van der Waals surface area contributed by atoms with Gasteiger partial charge in [0.15, 0.2) is 11.5 Å². The van der Waals surface area contributed by atoms with Crippen LogP contribution in [-0.2, 0) is 13.2 Å². The van der Waals surface area contributed by atoms with Gasteiger partial charge in [0.25, 0.3) is 0 Å². The number of benzene rings is 2. The van der Waals surface area contributed by atoms with Gasteiger partial charge < -0.3 is 14.8 Å². The van der Waals surface area contributed by atoms with Crippen LogP contribution in [0.25, 0.3) is 0 Å². The summed E-state index contributed by atoms with van der Waals surface area (Å²) in [5.74, 6) is 1.41. The highest BCUT2D eigenvalue weighted by Gasteiger charge is 2.13. The van der Waals surface area contributed by atoms with Gasteiger partial charge in [-0.15, -0.1) is 0 Å². The summed E-state index contributed by atoms with van der Waals surface area (Å²) in [7, 11) is 1.64. The zero-order valence-corrected chi connectivity index (χ0v) is 15.7. The van der Waals surface area contributed by atoms with Gasteiger partial charge in [-0.1, -0.05) is 48.3 Å². The van der Waals surface area contributed by atoms with Crippen molar-refractivity contribution in [2.45, 2.75) is 39.5 Å². The maximum Gasteiger partial charge on any atom is 0.166 e. The van der Waals surface area contributed by atoms with E-state index in [4.69, 9.17) is 32.7 Å². The second-order valence-corrected chi connectivity index (χ2v) is 6.44. The molecule has 0 bridgehead atoms. The third-order valence-electron chi connectivity index (χ3n) is 3.96. The van der Waals surface area contributed by atoms with E-state index in [1.807, 2.05) is 24.3 Å². The predicted octanol–water partition coefficient (Wildman–Crippen LogP) is 5.47. The fourth-order valence-corrected chi connectivity index (χ4v) is 2.77. The normalized spacial score (nSPS) is 12.0. The number of para-hydroxylation sites is 1. The van der Waals surface area contributed by atoms with Gasteiger partial charge in [0.1, 0.15) is 6.61 Å². The average molecular weight is 368 g/mol. The first-order chi connectivity index (χ1) is 11.6. The summed E-state index contributed by atoms with van der Waals surface area (Å²) in [6.07, 6.45) is 1.06. The van der Waals surface area contributed by atoms with Gasteiger partial charge in [0.2, 0.25) is 0 Å². The summed E-state index contributed by atoms with van der Waals surface area (Å²) >= 11 is 12.4. The Kier molecular flexibility index (Phi) is 7.22. The third kappa shape index (κ3) is 4.79. The van der Waals surface area contributed by atoms with Gasteiger partial charge in [-0.25, -0.2) is 0 Å². The summed E-state index contributed by atoms with van der Waals surface area (Å²) in [4.78, 5) is 0. The molecule has 130 valence electrons. The molecule has 0 saturated carbocycles. The molecule has 0 aromatic heterocycles. The average Bonchev–Trinajstić information content (AvgIpc) is 2.59. The van der Waals surface area contributed by atoms with E-state index in [0.717, 1.165) is 17.5 Å². The van der Waals surface area contributed by atoms with Crippen molar-refractivity contribution in [2.75, 3.05) is 7.11 Å². The minimum Gasteiger partial charge on any atom is -0.493 e. The fraction of sp³-hybridized carbons (Fsp3) is 0.368. The van der Waals surface area contributed by atoms with Crippen molar-refractivity contribution < 1.29 is 9.47 Å². The van der Waals surface area contributed by atoms with Crippen LogP contribution in [-0.4, -0.2) is 13.2 Å². The first-order valence-electron chi connectivity index (χ1n) is 8.01. The fourth-order valence-electron chi connectivity index (χ4n) is 2.27. The van der Waals surface area contributed by atoms with Crippen molar-refractivity contribution in [3.63, 3.8) is 0 Å². The number of rotatable bonds is 8. The second-order valence-electron chi connectivity index (χ2n) is 5.63. The number of halogens is 2. The Labute approximate surface area is 153 Å². The highest BCUT2D eigenvalue weighted by Crippen LogP contribution is 2.33. The van der Waals surface area contributed by atoms with Crippen LogP contribution >= 0.6 is 23.2 Å². The van der Waals surface area contributed by atoms with Crippen LogP contribution in [0.2, 0.25) is 10.0 Å². The predicted molar refractivity (Wildman–Crippen MR) is 100 cm³/mol. The van der Waals surface area contributed by atoms with Crippen LogP contribution in [0.3, 0.4) is 0 Å². The van der Waals surface area contributed by atoms with E-state index >= 15 is 0 Å². The minimum absolute atomic E-state index is 0.287. The topological polar surface area (TPSA) is 30.5 Å². The molecule has 24 heavy (non-hydrogen) atoms. The van der Waals surface area contributed by atoms with Crippen LogP contribution in [0.1, 0.15) is 31.4 Å². The van der Waals surface area contributed by atoms with Gasteiger partial charge >= 0.3 is 0 Å². The molecule has 2 aromatic carbocycles. The lowest BCUT2D eigenvalue weighted by Gasteiger charge is -2.18. The van der Waals surface area contributed by atoms with Crippen LogP contribution < -0.4 is 14.8 Å². The largest absolute Gasteiger partial charge is 0.493 e. The highest BCUT2D eigenvalue weighted by molar-refractivity contribution is 6.35. The Morgan fingerprint density at radius 1 is 1.08 bits per heavy atom. The lowest BCUT2D eigenvalue weighted by Crippen LogP contribution is -2.24. The molecule has 2 rings (SSSR count). The Hall–Kier alpha value is -1.42. The maximum absolute atomic E-state index is 6.22. The molecule has 5 heteroatoms. The molecule has 0 aliphatic heterocycles. The van der Waals surface area contributed by atoms with Crippen molar-refractivity contribution >= 4 is 23.2 Å².